The number of carbonyl (C=O) groups excluding carboxylic acids is 1. The number of carbonyl (C=O) groups is 1. The number of aryl methyl sites for hydroxylation is 1. The molecule has 0 aliphatic heterocycles. The molecule has 0 heterocycles. The Kier molecular flexibility index (Phi) is 6.68. The Balaban J connectivity index is 2.19. The van der Waals surface area contributed by atoms with Crippen molar-refractivity contribution in [2.24, 2.45) is 0 Å². The van der Waals surface area contributed by atoms with Crippen molar-refractivity contribution in [2.75, 3.05) is 31.3 Å². The molecule has 0 fully saturated rings. The van der Waals surface area contributed by atoms with E-state index in [1.165, 1.54) is 14.2 Å². The fourth-order valence-corrected chi connectivity index (χ4v) is 3.44. The van der Waals surface area contributed by atoms with Crippen molar-refractivity contribution in [3.8, 4) is 11.5 Å². The molecule has 0 spiro atoms. The highest BCUT2D eigenvalue weighted by molar-refractivity contribution is 7.92. The fraction of sp³-hybridized carbons (Fsp3) is 0.316. The minimum Gasteiger partial charge on any atom is -0.497 e. The second-order valence-corrected chi connectivity index (χ2v) is 7.98. The van der Waals surface area contributed by atoms with Gasteiger partial charge >= 0.3 is 0 Å². The van der Waals surface area contributed by atoms with E-state index in [1.54, 1.807) is 18.2 Å². The Morgan fingerprint density at radius 2 is 1.85 bits per heavy atom. The molecule has 27 heavy (non-hydrogen) atoms. The van der Waals surface area contributed by atoms with Gasteiger partial charge < -0.3 is 14.8 Å². The molecule has 2 aromatic rings. The Bertz CT molecular complexity index is 912. The van der Waals surface area contributed by atoms with Crippen LogP contribution >= 0.6 is 0 Å². The predicted molar refractivity (Wildman–Crippen MR) is 105 cm³/mol. The Hall–Kier alpha value is -2.74. The summed E-state index contributed by atoms with van der Waals surface area (Å²) in [6, 6.07) is 12.5. The zero-order chi connectivity index (χ0) is 20.0. The molecule has 0 aromatic heterocycles. The first-order valence-electron chi connectivity index (χ1n) is 8.26. The van der Waals surface area contributed by atoms with E-state index in [2.05, 4.69) is 5.32 Å². The number of amides is 1. The van der Waals surface area contributed by atoms with Gasteiger partial charge in [0.1, 0.15) is 18.0 Å². The molecule has 7 nitrogen and oxygen atoms in total. The maximum atomic E-state index is 12.4. The zero-order valence-corrected chi connectivity index (χ0v) is 16.7. The molecular weight excluding hydrogens is 368 g/mol. The minimum absolute atomic E-state index is 0.270. The van der Waals surface area contributed by atoms with E-state index in [9.17, 15) is 13.2 Å². The van der Waals surface area contributed by atoms with E-state index >= 15 is 0 Å². The lowest BCUT2D eigenvalue weighted by molar-refractivity contribution is -0.119. The number of methoxy groups -OCH3 is 2. The van der Waals surface area contributed by atoms with Gasteiger partial charge in [0.2, 0.25) is 15.9 Å². The Morgan fingerprint density at radius 3 is 2.44 bits per heavy atom. The summed E-state index contributed by atoms with van der Waals surface area (Å²) >= 11 is 0. The van der Waals surface area contributed by atoms with Crippen LogP contribution in [0.25, 0.3) is 0 Å². The smallest absolute Gasteiger partial charge is 0.241 e. The number of nitrogens with one attached hydrogen (secondary N) is 1. The number of hydrogen-bond acceptors (Lipinski definition) is 5. The van der Waals surface area contributed by atoms with E-state index in [-0.39, 0.29) is 12.2 Å². The van der Waals surface area contributed by atoms with Gasteiger partial charge in [-0.1, -0.05) is 29.8 Å². The van der Waals surface area contributed by atoms with Crippen LogP contribution < -0.4 is 19.1 Å². The first-order chi connectivity index (χ1) is 12.7. The van der Waals surface area contributed by atoms with Crippen LogP contribution in [-0.4, -0.2) is 41.3 Å². The zero-order valence-electron chi connectivity index (χ0n) is 15.9. The van der Waals surface area contributed by atoms with Crippen molar-refractivity contribution in [3.05, 3.63) is 53.6 Å². The van der Waals surface area contributed by atoms with Crippen molar-refractivity contribution < 1.29 is 22.7 Å². The molecule has 8 heteroatoms. The lowest BCUT2D eigenvalue weighted by atomic mass is 10.1. The number of hydrogen-bond donors (Lipinski definition) is 1. The van der Waals surface area contributed by atoms with Gasteiger partial charge in [-0.25, -0.2) is 8.42 Å². The van der Waals surface area contributed by atoms with Gasteiger partial charge in [-0.2, -0.15) is 0 Å². The largest absolute Gasteiger partial charge is 0.497 e. The van der Waals surface area contributed by atoms with Crippen LogP contribution in [0.3, 0.4) is 0 Å². The predicted octanol–water partition coefficient (Wildman–Crippen LogP) is 2.09. The van der Waals surface area contributed by atoms with Crippen LogP contribution in [0.1, 0.15) is 11.1 Å². The second kappa shape index (κ2) is 8.77. The van der Waals surface area contributed by atoms with Crippen LogP contribution in [0.5, 0.6) is 11.5 Å². The van der Waals surface area contributed by atoms with Crippen LogP contribution in [0, 0.1) is 6.92 Å². The van der Waals surface area contributed by atoms with Crippen LogP contribution in [0.4, 0.5) is 5.69 Å². The van der Waals surface area contributed by atoms with E-state index < -0.39 is 15.9 Å². The summed E-state index contributed by atoms with van der Waals surface area (Å²) in [6.45, 7) is 1.93. The molecular formula is C19H24N2O5S. The minimum atomic E-state index is -3.70. The first kappa shape index (κ1) is 20.6. The molecule has 0 radical (unpaired) electrons. The van der Waals surface area contributed by atoms with Gasteiger partial charge in [0.05, 0.1) is 26.2 Å². The SMILES string of the molecule is COc1ccc(N(CC(=O)NCc2cccc(C)c2)S(C)(=O)=O)c(OC)c1. The molecule has 1 amide bonds. The Labute approximate surface area is 160 Å². The fourth-order valence-electron chi connectivity index (χ4n) is 2.58. The first-order valence-corrected chi connectivity index (χ1v) is 10.1. The topological polar surface area (TPSA) is 84.9 Å². The molecule has 0 aliphatic rings. The van der Waals surface area contributed by atoms with E-state index in [4.69, 9.17) is 9.47 Å². The molecule has 0 unspecified atom stereocenters. The highest BCUT2D eigenvalue weighted by Crippen LogP contribution is 2.33. The van der Waals surface area contributed by atoms with Crippen molar-refractivity contribution in [1.29, 1.82) is 0 Å². The third-order valence-corrected chi connectivity index (χ3v) is 5.04. The van der Waals surface area contributed by atoms with Gasteiger partial charge in [-0.05, 0) is 24.6 Å². The molecule has 0 saturated carbocycles. The number of benzene rings is 2. The van der Waals surface area contributed by atoms with Gasteiger partial charge in [0, 0.05) is 12.6 Å². The van der Waals surface area contributed by atoms with Crippen LogP contribution in [0.2, 0.25) is 0 Å². The highest BCUT2D eigenvalue weighted by Gasteiger charge is 2.24. The number of ether oxygens (including phenoxy) is 2. The summed E-state index contributed by atoms with van der Waals surface area (Å²) in [5.41, 5.74) is 2.30. The second-order valence-electron chi connectivity index (χ2n) is 6.07. The van der Waals surface area contributed by atoms with Crippen LogP contribution in [-0.2, 0) is 21.4 Å². The summed E-state index contributed by atoms with van der Waals surface area (Å²) in [6.07, 6.45) is 1.05. The maximum absolute atomic E-state index is 12.4. The van der Waals surface area contributed by atoms with E-state index in [0.717, 1.165) is 21.7 Å². The summed E-state index contributed by atoms with van der Waals surface area (Å²) < 4.78 is 35.9. The molecule has 0 saturated heterocycles. The maximum Gasteiger partial charge on any atom is 0.241 e. The van der Waals surface area contributed by atoms with E-state index in [1.807, 2.05) is 31.2 Å². The summed E-state index contributed by atoms with van der Waals surface area (Å²) in [4.78, 5) is 12.4. The van der Waals surface area contributed by atoms with Gasteiger partial charge in [0.25, 0.3) is 0 Å². The Morgan fingerprint density at radius 1 is 1.11 bits per heavy atom. The highest BCUT2D eigenvalue weighted by atomic mass is 32.2. The average Bonchev–Trinajstić information content (AvgIpc) is 2.63. The van der Waals surface area contributed by atoms with Crippen molar-refractivity contribution in [2.45, 2.75) is 13.5 Å². The number of sulfonamides is 1. The lowest BCUT2D eigenvalue weighted by Gasteiger charge is -2.24. The molecule has 0 bridgehead atoms. The molecule has 0 atom stereocenters. The summed E-state index contributed by atoms with van der Waals surface area (Å²) in [5.74, 6) is 0.402. The summed E-state index contributed by atoms with van der Waals surface area (Å²) in [7, 11) is -0.775. The molecule has 2 rings (SSSR count). The monoisotopic (exact) mass is 392 g/mol. The standard InChI is InChI=1S/C19H24N2O5S/c1-14-6-5-7-15(10-14)12-20-19(22)13-21(27(4,23)24)17-9-8-16(25-2)11-18(17)26-3/h5-11H,12-13H2,1-4H3,(H,20,22). The number of nitrogens with zero attached hydrogens (tertiary/aromatic N) is 1. The normalized spacial score (nSPS) is 11.0. The number of rotatable bonds is 8. The lowest BCUT2D eigenvalue weighted by Crippen LogP contribution is -2.40. The van der Waals surface area contributed by atoms with Gasteiger partial charge in [0.15, 0.2) is 0 Å². The molecule has 0 aliphatic carbocycles. The third kappa shape index (κ3) is 5.62. The van der Waals surface area contributed by atoms with Gasteiger partial charge in [-0.3, -0.25) is 9.10 Å². The average molecular weight is 392 g/mol. The van der Waals surface area contributed by atoms with Crippen molar-refractivity contribution >= 4 is 21.6 Å². The van der Waals surface area contributed by atoms with Crippen molar-refractivity contribution in [3.63, 3.8) is 0 Å². The quantitative estimate of drug-likeness (QED) is 0.744. The summed E-state index contributed by atoms with van der Waals surface area (Å²) in [5, 5.41) is 2.75. The number of anilines is 1. The molecule has 1 N–H and O–H groups in total. The molecule has 146 valence electrons. The van der Waals surface area contributed by atoms with Crippen molar-refractivity contribution in [1.82, 2.24) is 5.32 Å². The van der Waals surface area contributed by atoms with Crippen LogP contribution in [0.15, 0.2) is 42.5 Å². The van der Waals surface area contributed by atoms with E-state index in [0.29, 0.717) is 18.0 Å². The molecule has 2 aromatic carbocycles. The van der Waals surface area contributed by atoms with Gasteiger partial charge in [-0.15, -0.1) is 0 Å². The third-order valence-electron chi connectivity index (χ3n) is 3.92.